The first-order valence-corrected chi connectivity index (χ1v) is 12.3. The molecule has 0 spiro atoms. The Kier molecular flexibility index (Phi) is 10.0. The molecule has 35 heavy (non-hydrogen) atoms. The molecule has 0 fully saturated rings. The van der Waals surface area contributed by atoms with Gasteiger partial charge in [0.05, 0.1) is 0 Å². The molecule has 2 amide bonds. The molecule has 0 aliphatic rings. The molecule has 1 atom stereocenters. The van der Waals surface area contributed by atoms with Crippen molar-refractivity contribution >= 4 is 35.0 Å². The van der Waals surface area contributed by atoms with Gasteiger partial charge in [-0.15, -0.1) is 0 Å². The third-order valence-corrected chi connectivity index (χ3v) is 6.16. The average Bonchev–Trinajstić information content (AvgIpc) is 2.86. The maximum atomic E-state index is 13.6. The highest BCUT2D eigenvalue weighted by atomic mass is 35.5. The van der Waals surface area contributed by atoms with Crippen molar-refractivity contribution in [3.05, 3.63) is 100 Å². The highest BCUT2D eigenvalue weighted by Crippen LogP contribution is 2.27. The summed E-state index contributed by atoms with van der Waals surface area (Å²) in [5, 5.41) is 3.85. The Morgan fingerprint density at radius 1 is 0.886 bits per heavy atom. The van der Waals surface area contributed by atoms with Crippen molar-refractivity contribution in [2.75, 3.05) is 13.2 Å². The number of nitrogens with zero attached hydrogens (tertiary/aromatic N) is 1. The van der Waals surface area contributed by atoms with Crippen LogP contribution in [0.25, 0.3) is 0 Å². The molecular weight excluding hydrogens is 483 g/mol. The fourth-order valence-corrected chi connectivity index (χ4v) is 4.09. The lowest BCUT2D eigenvalue weighted by Crippen LogP contribution is -2.52. The van der Waals surface area contributed by atoms with Crippen LogP contribution in [0.5, 0.6) is 5.75 Å². The van der Waals surface area contributed by atoms with Gasteiger partial charge in [-0.3, -0.25) is 9.59 Å². The highest BCUT2D eigenvalue weighted by Gasteiger charge is 2.31. The fourth-order valence-electron chi connectivity index (χ4n) is 3.57. The van der Waals surface area contributed by atoms with E-state index in [2.05, 4.69) is 5.32 Å². The van der Waals surface area contributed by atoms with Gasteiger partial charge < -0.3 is 15.0 Å². The number of rotatable bonds is 11. The quantitative estimate of drug-likeness (QED) is 0.354. The van der Waals surface area contributed by atoms with E-state index >= 15 is 0 Å². The number of ether oxygens (including phenoxy) is 1. The number of hydrogen-bond donors (Lipinski definition) is 1. The number of carbonyl (C=O) groups excluding carboxylic acids is 2. The molecule has 0 aliphatic carbocycles. The predicted molar refractivity (Wildman–Crippen MR) is 141 cm³/mol. The summed E-state index contributed by atoms with van der Waals surface area (Å²) in [4.78, 5) is 28.5. The van der Waals surface area contributed by atoms with E-state index in [4.69, 9.17) is 27.9 Å². The van der Waals surface area contributed by atoms with Crippen molar-refractivity contribution in [3.63, 3.8) is 0 Å². The van der Waals surface area contributed by atoms with Crippen LogP contribution in [0.3, 0.4) is 0 Å². The second-order valence-electron chi connectivity index (χ2n) is 8.67. The zero-order chi connectivity index (χ0) is 25.2. The third kappa shape index (κ3) is 8.01. The summed E-state index contributed by atoms with van der Waals surface area (Å²) in [7, 11) is 0. The molecule has 0 saturated carbocycles. The number of amides is 2. The van der Waals surface area contributed by atoms with Gasteiger partial charge in [-0.05, 0) is 35.7 Å². The van der Waals surface area contributed by atoms with Crippen LogP contribution in [0.2, 0.25) is 10.0 Å². The molecule has 0 aromatic heterocycles. The van der Waals surface area contributed by atoms with Gasteiger partial charge in [0.25, 0.3) is 5.91 Å². The summed E-state index contributed by atoms with van der Waals surface area (Å²) in [5.74, 6) is 0.254. The molecule has 0 bridgehead atoms. The number of halogens is 2. The lowest BCUT2D eigenvalue weighted by Gasteiger charge is -2.32. The Labute approximate surface area is 217 Å². The van der Waals surface area contributed by atoms with Gasteiger partial charge in [-0.2, -0.15) is 0 Å². The number of benzene rings is 3. The predicted octanol–water partition coefficient (Wildman–Crippen LogP) is 5.78. The second-order valence-corrected chi connectivity index (χ2v) is 9.48. The minimum absolute atomic E-state index is 0.0715. The topological polar surface area (TPSA) is 58.6 Å². The van der Waals surface area contributed by atoms with Crippen molar-refractivity contribution in [1.29, 1.82) is 0 Å². The van der Waals surface area contributed by atoms with Crippen LogP contribution >= 0.6 is 23.2 Å². The summed E-state index contributed by atoms with van der Waals surface area (Å²) < 4.78 is 5.74. The smallest absolute Gasteiger partial charge is 0.261 e. The molecule has 0 saturated heterocycles. The molecule has 3 aromatic carbocycles. The molecule has 0 aliphatic heterocycles. The summed E-state index contributed by atoms with van der Waals surface area (Å²) in [6, 6.07) is 23.1. The van der Waals surface area contributed by atoms with Gasteiger partial charge >= 0.3 is 0 Å². The number of nitrogens with one attached hydrogen (secondary N) is 1. The van der Waals surface area contributed by atoms with Crippen LogP contribution in [0.4, 0.5) is 0 Å². The number of hydrogen-bond acceptors (Lipinski definition) is 3. The van der Waals surface area contributed by atoms with Crippen LogP contribution in [0.15, 0.2) is 78.9 Å². The fraction of sp³-hybridized carbons (Fsp3) is 0.286. The van der Waals surface area contributed by atoms with Crippen LogP contribution in [-0.4, -0.2) is 35.9 Å². The Morgan fingerprint density at radius 2 is 1.49 bits per heavy atom. The van der Waals surface area contributed by atoms with E-state index in [1.165, 1.54) is 4.90 Å². The SMILES string of the molecule is CC(C)CNC(=O)[C@@H](Cc1ccccc1)N(Cc1c(Cl)cccc1Cl)C(=O)COc1ccccc1. The monoisotopic (exact) mass is 512 g/mol. The normalized spacial score (nSPS) is 11.7. The molecule has 0 radical (unpaired) electrons. The van der Waals surface area contributed by atoms with E-state index < -0.39 is 6.04 Å². The van der Waals surface area contributed by atoms with Crippen LogP contribution < -0.4 is 10.1 Å². The van der Waals surface area contributed by atoms with Gasteiger partial charge in [0.2, 0.25) is 5.91 Å². The third-order valence-electron chi connectivity index (χ3n) is 5.45. The number of para-hydroxylation sites is 1. The molecule has 0 unspecified atom stereocenters. The average molecular weight is 513 g/mol. The maximum absolute atomic E-state index is 13.6. The molecule has 1 N–H and O–H groups in total. The molecule has 184 valence electrons. The van der Waals surface area contributed by atoms with Crippen molar-refractivity contribution in [2.24, 2.45) is 5.92 Å². The first-order chi connectivity index (χ1) is 16.8. The lowest BCUT2D eigenvalue weighted by molar-refractivity contribution is -0.142. The van der Waals surface area contributed by atoms with Crippen molar-refractivity contribution in [2.45, 2.75) is 32.9 Å². The van der Waals surface area contributed by atoms with Gasteiger partial charge in [0.15, 0.2) is 6.61 Å². The second kappa shape index (κ2) is 13.2. The van der Waals surface area contributed by atoms with Gasteiger partial charge in [-0.1, -0.05) is 91.6 Å². The van der Waals surface area contributed by atoms with Gasteiger partial charge in [0, 0.05) is 35.1 Å². The summed E-state index contributed by atoms with van der Waals surface area (Å²) in [6.45, 7) is 4.38. The summed E-state index contributed by atoms with van der Waals surface area (Å²) in [6.07, 6.45) is 0.337. The van der Waals surface area contributed by atoms with Gasteiger partial charge in [-0.25, -0.2) is 0 Å². The van der Waals surface area contributed by atoms with E-state index in [0.717, 1.165) is 5.56 Å². The zero-order valence-corrected chi connectivity index (χ0v) is 21.4. The van der Waals surface area contributed by atoms with E-state index in [1.54, 1.807) is 30.3 Å². The van der Waals surface area contributed by atoms with Crippen molar-refractivity contribution in [1.82, 2.24) is 10.2 Å². The Morgan fingerprint density at radius 3 is 2.09 bits per heavy atom. The molecule has 3 rings (SSSR count). The minimum Gasteiger partial charge on any atom is -0.484 e. The van der Waals surface area contributed by atoms with E-state index in [1.807, 2.05) is 62.4 Å². The Balaban J connectivity index is 1.94. The standard InChI is InChI=1S/C28H30Cl2N2O3/c1-20(2)17-31-28(34)26(16-21-10-5-3-6-11-21)32(18-23-24(29)14-9-15-25(23)30)27(33)19-35-22-12-7-4-8-13-22/h3-15,20,26H,16-19H2,1-2H3,(H,31,34)/t26-/m1/s1. The van der Waals surface area contributed by atoms with E-state index in [0.29, 0.717) is 34.3 Å². The van der Waals surface area contributed by atoms with Crippen LogP contribution in [0.1, 0.15) is 25.0 Å². The van der Waals surface area contributed by atoms with Gasteiger partial charge in [0.1, 0.15) is 11.8 Å². The molecule has 0 heterocycles. The molecule has 5 nitrogen and oxygen atoms in total. The summed E-state index contributed by atoms with van der Waals surface area (Å²) in [5.41, 5.74) is 1.52. The van der Waals surface area contributed by atoms with Crippen LogP contribution in [-0.2, 0) is 22.6 Å². The largest absolute Gasteiger partial charge is 0.484 e. The van der Waals surface area contributed by atoms with Crippen molar-refractivity contribution < 1.29 is 14.3 Å². The van der Waals surface area contributed by atoms with Crippen LogP contribution in [0, 0.1) is 5.92 Å². The summed E-state index contributed by atoms with van der Waals surface area (Å²) >= 11 is 12.9. The first-order valence-electron chi connectivity index (χ1n) is 11.6. The first kappa shape index (κ1) is 26.6. The molecular formula is C28H30Cl2N2O3. The highest BCUT2D eigenvalue weighted by molar-refractivity contribution is 6.36. The number of carbonyl (C=O) groups is 2. The minimum atomic E-state index is -0.782. The zero-order valence-electron chi connectivity index (χ0n) is 19.9. The molecule has 3 aromatic rings. The van der Waals surface area contributed by atoms with E-state index in [9.17, 15) is 9.59 Å². The maximum Gasteiger partial charge on any atom is 0.261 e. The Bertz CT molecular complexity index is 1090. The molecule has 7 heteroatoms. The lowest BCUT2D eigenvalue weighted by atomic mass is 10.0. The van der Waals surface area contributed by atoms with E-state index in [-0.39, 0.29) is 30.9 Å². The van der Waals surface area contributed by atoms with Crippen molar-refractivity contribution in [3.8, 4) is 5.75 Å². The Hall–Kier alpha value is -3.02.